The van der Waals surface area contributed by atoms with E-state index >= 15 is 0 Å². The molecule has 17 heavy (non-hydrogen) atoms. The maximum absolute atomic E-state index is 12.1. The lowest BCUT2D eigenvalue weighted by Crippen LogP contribution is -2.03. The van der Waals surface area contributed by atoms with Gasteiger partial charge in [0.05, 0.1) is 0 Å². The zero-order valence-corrected chi connectivity index (χ0v) is 9.01. The SMILES string of the molecule is O=C1C(c2ccccc2)=C([O-])c2ccccc21. The van der Waals surface area contributed by atoms with Crippen molar-refractivity contribution in [2.24, 2.45) is 0 Å². The van der Waals surface area contributed by atoms with Crippen molar-refractivity contribution in [3.05, 3.63) is 71.3 Å². The van der Waals surface area contributed by atoms with Crippen molar-refractivity contribution in [1.29, 1.82) is 0 Å². The minimum Gasteiger partial charge on any atom is -0.872 e. The van der Waals surface area contributed by atoms with E-state index in [2.05, 4.69) is 0 Å². The molecule has 0 saturated carbocycles. The number of carbonyl (C=O) groups excluding carboxylic acids is 1. The summed E-state index contributed by atoms with van der Waals surface area (Å²) in [5.41, 5.74) is 2.00. The molecule has 0 aromatic heterocycles. The highest BCUT2D eigenvalue weighted by Crippen LogP contribution is 2.34. The highest BCUT2D eigenvalue weighted by Gasteiger charge is 2.24. The van der Waals surface area contributed by atoms with E-state index in [0.29, 0.717) is 16.7 Å². The summed E-state index contributed by atoms with van der Waals surface area (Å²) in [7, 11) is 0. The molecule has 0 atom stereocenters. The molecule has 1 aliphatic rings. The van der Waals surface area contributed by atoms with Gasteiger partial charge in [0.25, 0.3) is 0 Å². The van der Waals surface area contributed by atoms with Crippen LogP contribution in [0.2, 0.25) is 0 Å². The lowest BCUT2D eigenvalue weighted by Gasteiger charge is -2.11. The number of ketones is 1. The minimum atomic E-state index is -0.170. The number of hydrogen-bond acceptors (Lipinski definition) is 2. The van der Waals surface area contributed by atoms with E-state index in [1.807, 2.05) is 18.2 Å². The third-order valence-electron chi connectivity index (χ3n) is 2.93. The van der Waals surface area contributed by atoms with Crippen LogP contribution in [-0.4, -0.2) is 5.78 Å². The molecule has 0 heterocycles. The zero-order chi connectivity index (χ0) is 11.8. The van der Waals surface area contributed by atoms with E-state index in [0.717, 1.165) is 0 Å². The average molecular weight is 221 g/mol. The number of rotatable bonds is 1. The van der Waals surface area contributed by atoms with Gasteiger partial charge >= 0.3 is 0 Å². The van der Waals surface area contributed by atoms with Gasteiger partial charge in [-0.25, -0.2) is 0 Å². The van der Waals surface area contributed by atoms with E-state index in [1.165, 1.54) is 0 Å². The molecule has 2 aromatic rings. The summed E-state index contributed by atoms with van der Waals surface area (Å²) < 4.78 is 0. The third kappa shape index (κ3) is 1.38. The molecular weight excluding hydrogens is 212 g/mol. The average Bonchev–Trinajstić information content (AvgIpc) is 2.64. The molecule has 2 aromatic carbocycles. The van der Waals surface area contributed by atoms with Gasteiger partial charge in [-0.1, -0.05) is 60.4 Å². The Bertz CT molecular complexity index is 624. The molecule has 3 rings (SSSR count). The van der Waals surface area contributed by atoms with Gasteiger partial charge in [0.15, 0.2) is 5.78 Å². The molecule has 0 amide bonds. The van der Waals surface area contributed by atoms with Crippen LogP contribution in [0.4, 0.5) is 0 Å². The summed E-state index contributed by atoms with van der Waals surface area (Å²) in [4.78, 5) is 12.1. The predicted molar refractivity (Wildman–Crippen MR) is 64.0 cm³/mol. The van der Waals surface area contributed by atoms with E-state index in [-0.39, 0.29) is 17.1 Å². The van der Waals surface area contributed by atoms with Crippen molar-refractivity contribution in [2.45, 2.75) is 0 Å². The van der Waals surface area contributed by atoms with Crippen LogP contribution in [0.3, 0.4) is 0 Å². The van der Waals surface area contributed by atoms with Gasteiger partial charge in [-0.15, -0.1) is 0 Å². The largest absolute Gasteiger partial charge is 0.872 e. The molecule has 0 bridgehead atoms. The molecule has 1 aliphatic carbocycles. The Hall–Kier alpha value is -2.35. The third-order valence-corrected chi connectivity index (χ3v) is 2.93. The van der Waals surface area contributed by atoms with Crippen molar-refractivity contribution in [2.75, 3.05) is 0 Å². The molecule has 0 radical (unpaired) electrons. The van der Waals surface area contributed by atoms with Crippen molar-refractivity contribution in [1.82, 2.24) is 0 Å². The molecular formula is C15H9O2-. The quantitative estimate of drug-likeness (QED) is 0.740. The number of carbonyl (C=O) groups is 1. The van der Waals surface area contributed by atoms with Crippen LogP contribution in [-0.2, 0) is 0 Å². The minimum absolute atomic E-state index is 0.170. The van der Waals surface area contributed by atoms with Crippen LogP contribution in [0.25, 0.3) is 11.3 Å². The second-order valence-corrected chi connectivity index (χ2v) is 3.94. The van der Waals surface area contributed by atoms with E-state index in [1.54, 1.807) is 36.4 Å². The summed E-state index contributed by atoms with van der Waals surface area (Å²) in [6, 6.07) is 16.0. The Morgan fingerprint density at radius 2 is 1.35 bits per heavy atom. The molecule has 0 unspecified atom stereocenters. The van der Waals surface area contributed by atoms with Crippen LogP contribution in [0.15, 0.2) is 54.6 Å². The van der Waals surface area contributed by atoms with Crippen LogP contribution in [0, 0.1) is 0 Å². The summed E-state index contributed by atoms with van der Waals surface area (Å²) in [5.74, 6) is -0.339. The molecule has 0 fully saturated rings. The lowest BCUT2D eigenvalue weighted by atomic mass is 10.0. The van der Waals surface area contributed by atoms with Crippen molar-refractivity contribution in [3.63, 3.8) is 0 Å². The maximum atomic E-state index is 12.1. The Morgan fingerprint density at radius 1 is 0.765 bits per heavy atom. The van der Waals surface area contributed by atoms with Crippen LogP contribution in [0.5, 0.6) is 0 Å². The molecule has 2 heteroatoms. The van der Waals surface area contributed by atoms with Crippen LogP contribution in [0.1, 0.15) is 21.5 Å². The fraction of sp³-hybridized carbons (Fsp3) is 0. The monoisotopic (exact) mass is 221 g/mol. The first-order chi connectivity index (χ1) is 8.29. The van der Waals surface area contributed by atoms with Crippen molar-refractivity contribution < 1.29 is 9.90 Å². The molecule has 0 aliphatic heterocycles. The first-order valence-corrected chi connectivity index (χ1v) is 5.40. The number of Topliss-reactive ketones (excluding diaryl/α,β-unsaturated/α-hetero) is 1. The Balaban J connectivity index is 2.22. The van der Waals surface area contributed by atoms with Crippen LogP contribution < -0.4 is 5.11 Å². The normalized spacial score (nSPS) is 14.0. The molecule has 82 valence electrons. The van der Waals surface area contributed by atoms with Crippen molar-refractivity contribution in [3.8, 4) is 0 Å². The smallest absolute Gasteiger partial charge is 0.193 e. The highest BCUT2D eigenvalue weighted by molar-refractivity contribution is 6.38. The fourth-order valence-corrected chi connectivity index (χ4v) is 2.12. The molecule has 2 nitrogen and oxygen atoms in total. The van der Waals surface area contributed by atoms with Gasteiger partial charge < -0.3 is 5.11 Å². The van der Waals surface area contributed by atoms with Gasteiger partial charge in [-0.2, -0.15) is 0 Å². The van der Waals surface area contributed by atoms with Gasteiger partial charge in [0.1, 0.15) is 0 Å². The topological polar surface area (TPSA) is 40.1 Å². The van der Waals surface area contributed by atoms with Gasteiger partial charge in [-0.05, 0) is 11.1 Å². The summed E-state index contributed by atoms with van der Waals surface area (Å²) in [6.07, 6.45) is 0. The predicted octanol–water partition coefficient (Wildman–Crippen LogP) is 2.11. The zero-order valence-electron chi connectivity index (χ0n) is 9.01. The molecule has 0 saturated heterocycles. The maximum Gasteiger partial charge on any atom is 0.193 e. The van der Waals surface area contributed by atoms with E-state index < -0.39 is 0 Å². The second kappa shape index (κ2) is 3.59. The number of hydrogen-bond donors (Lipinski definition) is 0. The Kier molecular flexibility index (Phi) is 2.08. The highest BCUT2D eigenvalue weighted by atomic mass is 16.3. The lowest BCUT2D eigenvalue weighted by molar-refractivity contribution is -0.242. The Labute approximate surface area is 98.8 Å². The number of benzene rings is 2. The van der Waals surface area contributed by atoms with E-state index in [9.17, 15) is 9.90 Å². The van der Waals surface area contributed by atoms with Gasteiger partial charge in [0.2, 0.25) is 0 Å². The van der Waals surface area contributed by atoms with E-state index in [4.69, 9.17) is 0 Å². The first-order valence-electron chi connectivity index (χ1n) is 5.40. The first kappa shape index (κ1) is 9.85. The number of fused-ring (bicyclic) bond motifs is 1. The fourth-order valence-electron chi connectivity index (χ4n) is 2.12. The molecule has 0 spiro atoms. The van der Waals surface area contributed by atoms with Gasteiger partial charge in [-0.3, -0.25) is 4.79 Å². The Morgan fingerprint density at radius 3 is 2.00 bits per heavy atom. The number of allylic oxidation sites excluding steroid dienone is 1. The van der Waals surface area contributed by atoms with Crippen molar-refractivity contribution >= 4 is 17.1 Å². The summed E-state index contributed by atoms with van der Waals surface area (Å²) >= 11 is 0. The summed E-state index contributed by atoms with van der Waals surface area (Å²) in [6.45, 7) is 0. The van der Waals surface area contributed by atoms with Gasteiger partial charge in [0, 0.05) is 11.1 Å². The van der Waals surface area contributed by atoms with Crippen LogP contribution >= 0.6 is 0 Å². The second-order valence-electron chi connectivity index (χ2n) is 3.94. The standard InChI is InChI=1S/C15H10O2/c16-14-11-8-4-5-9-12(11)15(17)13(14)10-6-2-1-3-7-10/h1-9,16H/p-1. The summed E-state index contributed by atoms with van der Waals surface area (Å²) in [5, 5.41) is 12.1. The molecule has 0 N–H and O–H groups in total.